The van der Waals surface area contributed by atoms with Gasteiger partial charge in [-0.25, -0.2) is 0 Å². The molecule has 0 atom stereocenters. The maximum atomic E-state index is 6.10. The Morgan fingerprint density at radius 3 is 2.12 bits per heavy atom. The van der Waals surface area contributed by atoms with Crippen LogP contribution in [0.25, 0.3) is 60.2 Å². The summed E-state index contributed by atoms with van der Waals surface area (Å²) in [5.74, 6) is 0. The van der Waals surface area contributed by atoms with Gasteiger partial charge in [0.25, 0.3) is 0 Å². The molecular weight excluding hydrogens is 526 g/mol. The number of para-hydroxylation sites is 2. The van der Waals surface area contributed by atoms with Crippen molar-refractivity contribution in [3.05, 3.63) is 152 Å². The average Bonchev–Trinajstić information content (AvgIpc) is 3.62. The number of nitrogens with zero attached hydrogens (tertiary/aromatic N) is 3. The van der Waals surface area contributed by atoms with Crippen molar-refractivity contribution in [2.75, 3.05) is 4.90 Å². The van der Waals surface area contributed by atoms with Crippen molar-refractivity contribution in [3.8, 4) is 5.69 Å². The van der Waals surface area contributed by atoms with Crippen molar-refractivity contribution < 1.29 is 4.42 Å². The molecule has 43 heavy (non-hydrogen) atoms. The zero-order valence-corrected chi connectivity index (χ0v) is 23.2. The number of pyridine rings is 1. The highest BCUT2D eigenvalue weighted by molar-refractivity contribution is 6.18. The number of anilines is 3. The Morgan fingerprint density at radius 2 is 1.23 bits per heavy atom. The van der Waals surface area contributed by atoms with Gasteiger partial charge < -0.3 is 13.9 Å². The Kier molecular flexibility index (Phi) is 5.16. The largest absolute Gasteiger partial charge is 0.456 e. The third-order valence-corrected chi connectivity index (χ3v) is 8.45. The molecule has 4 heteroatoms. The molecule has 0 saturated carbocycles. The Bertz CT molecular complexity index is 2450. The number of hydrogen-bond acceptors (Lipinski definition) is 3. The summed E-state index contributed by atoms with van der Waals surface area (Å²) in [6, 6.07) is 49.5. The van der Waals surface area contributed by atoms with E-state index in [2.05, 4.69) is 148 Å². The molecule has 3 heterocycles. The third-order valence-electron chi connectivity index (χ3n) is 8.45. The van der Waals surface area contributed by atoms with E-state index in [1.165, 1.54) is 32.6 Å². The van der Waals surface area contributed by atoms with Gasteiger partial charge in [-0.1, -0.05) is 72.8 Å². The maximum Gasteiger partial charge on any atom is 0.138 e. The number of hydrogen-bond donors (Lipinski definition) is 0. The second-order valence-corrected chi connectivity index (χ2v) is 10.9. The van der Waals surface area contributed by atoms with Crippen LogP contribution in [0, 0.1) is 0 Å². The van der Waals surface area contributed by atoms with Gasteiger partial charge in [0.2, 0.25) is 0 Å². The monoisotopic (exact) mass is 551 g/mol. The minimum atomic E-state index is 0.844. The van der Waals surface area contributed by atoms with Gasteiger partial charge in [-0.3, -0.25) is 4.98 Å². The Hall–Kier alpha value is -5.87. The normalized spacial score (nSPS) is 11.7. The van der Waals surface area contributed by atoms with Crippen LogP contribution in [0.5, 0.6) is 0 Å². The topological polar surface area (TPSA) is 34.2 Å². The zero-order chi connectivity index (χ0) is 28.3. The molecule has 9 rings (SSSR count). The van der Waals surface area contributed by atoms with Gasteiger partial charge in [-0.05, 0) is 72.1 Å². The summed E-state index contributed by atoms with van der Waals surface area (Å²) >= 11 is 0. The van der Waals surface area contributed by atoms with Gasteiger partial charge in [-0.2, -0.15) is 0 Å². The fraction of sp³-hybridized carbons (Fsp3) is 0. The molecule has 0 radical (unpaired) electrons. The Morgan fingerprint density at radius 1 is 0.512 bits per heavy atom. The second-order valence-electron chi connectivity index (χ2n) is 10.9. The van der Waals surface area contributed by atoms with Crippen molar-refractivity contribution in [2.45, 2.75) is 0 Å². The van der Waals surface area contributed by atoms with Crippen LogP contribution in [0.3, 0.4) is 0 Å². The van der Waals surface area contributed by atoms with Gasteiger partial charge in [0.1, 0.15) is 11.2 Å². The molecule has 0 aliphatic carbocycles. The van der Waals surface area contributed by atoms with E-state index in [-0.39, 0.29) is 0 Å². The Balaban J connectivity index is 1.24. The highest BCUT2D eigenvalue weighted by Gasteiger charge is 2.18. The first-order valence-electron chi connectivity index (χ1n) is 14.5. The molecule has 0 bridgehead atoms. The molecule has 0 fully saturated rings. The lowest BCUT2D eigenvalue weighted by Gasteiger charge is -2.26. The molecule has 0 saturated heterocycles. The summed E-state index contributed by atoms with van der Waals surface area (Å²) in [5.41, 5.74) is 8.48. The van der Waals surface area contributed by atoms with Gasteiger partial charge in [0.05, 0.1) is 11.0 Å². The van der Waals surface area contributed by atoms with E-state index in [0.717, 1.165) is 44.7 Å². The highest BCUT2D eigenvalue weighted by atomic mass is 16.3. The third kappa shape index (κ3) is 3.67. The van der Waals surface area contributed by atoms with Crippen molar-refractivity contribution in [1.29, 1.82) is 0 Å². The van der Waals surface area contributed by atoms with Crippen LogP contribution in [0.15, 0.2) is 156 Å². The molecule has 202 valence electrons. The first-order valence-corrected chi connectivity index (χ1v) is 14.5. The second kappa shape index (κ2) is 9.33. The lowest BCUT2D eigenvalue weighted by atomic mass is 10.1. The van der Waals surface area contributed by atoms with Crippen LogP contribution < -0.4 is 4.90 Å². The van der Waals surface area contributed by atoms with Crippen LogP contribution >= 0.6 is 0 Å². The summed E-state index contributed by atoms with van der Waals surface area (Å²) in [6.45, 7) is 0. The number of fused-ring (bicyclic) bond motifs is 8. The van der Waals surface area contributed by atoms with E-state index in [9.17, 15) is 0 Å². The van der Waals surface area contributed by atoms with E-state index in [4.69, 9.17) is 4.42 Å². The minimum absolute atomic E-state index is 0.844. The van der Waals surface area contributed by atoms with E-state index < -0.39 is 0 Å². The fourth-order valence-electron chi connectivity index (χ4n) is 6.52. The SMILES string of the molecule is c1ccc(N(c2ccc(-n3c4ccccc4c4ccc5ccccc5c43)cc2)c2ccc3oc4ccncc4c3c2)cc1. The molecule has 0 aliphatic heterocycles. The van der Waals surface area contributed by atoms with E-state index in [1.54, 1.807) is 6.20 Å². The van der Waals surface area contributed by atoms with Crippen LogP contribution in [0.4, 0.5) is 17.1 Å². The zero-order valence-electron chi connectivity index (χ0n) is 23.2. The predicted molar refractivity (Wildman–Crippen MR) is 178 cm³/mol. The molecule has 4 nitrogen and oxygen atoms in total. The smallest absolute Gasteiger partial charge is 0.138 e. The van der Waals surface area contributed by atoms with E-state index in [1.807, 2.05) is 12.3 Å². The molecule has 0 N–H and O–H groups in total. The summed E-state index contributed by atoms with van der Waals surface area (Å²) < 4.78 is 8.50. The fourth-order valence-corrected chi connectivity index (χ4v) is 6.52. The lowest BCUT2D eigenvalue weighted by molar-refractivity contribution is 0.668. The summed E-state index contributed by atoms with van der Waals surface area (Å²) in [6.07, 6.45) is 3.64. The van der Waals surface area contributed by atoms with Crippen LogP contribution in [0.2, 0.25) is 0 Å². The molecule has 0 spiro atoms. The number of rotatable bonds is 4. The first kappa shape index (κ1) is 23.8. The predicted octanol–water partition coefficient (Wildman–Crippen LogP) is 10.7. The van der Waals surface area contributed by atoms with Crippen LogP contribution in [0.1, 0.15) is 0 Å². The standard InChI is InChI=1S/C39H25N3O/c1-2-9-27(10-3-1)41(30-19-21-37-34(24-30)35-25-40-23-22-38(35)43-37)28-15-17-29(18-16-28)42-36-13-7-6-12-32(36)33-20-14-26-8-4-5-11-31(26)39(33)42/h1-25H. The molecule has 0 aliphatic rings. The summed E-state index contributed by atoms with van der Waals surface area (Å²) in [5, 5.41) is 7.08. The molecule has 9 aromatic rings. The molecular formula is C39H25N3O. The van der Waals surface area contributed by atoms with Crippen LogP contribution in [-0.2, 0) is 0 Å². The quantitative estimate of drug-likeness (QED) is 0.218. The van der Waals surface area contributed by atoms with Crippen molar-refractivity contribution in [2.24, 2.45) is 0 Å². The van der Waals surface area contributed by atoms with E-state index in [0.29, 0.717) is 0 Å². The van der Waals surface area contributed by atoms with Gasteiger partial charge in [0, 0.05) is 62.1 Å². The van der Waals surface area contributed by atoms with Gasteiger partial charge in [0.15, 0.2) is 0 Å². The molecule has 0 unspecified atom stereocenters. The first-order chi connectivity index (χ1) is 21.3. The number of furan rings is 1. The number of aromatic nitrogens is 2. The lowest BCUT2D eigenvalue weighted by Crippen LogP contribution is -2.10. The Labute approximate surface area is 247 Å². The molecule has 3 aromatic heterocycles. The molecule has 6 aromatic carbocycles. The maximum absolute atomic E-state index is 6.10. The van der Waals surface area contributed by atoms with Crippen molar-refractivity contribution >= 4 is 71.6 Å². The van der Waals surface area contributed by atoms with Crippen molar-refractivity contribution in [3.63, 3.8) is 0 Å². The van der Waals surface area contributed by atoms with E-state index >= 15 is 0 Å². The van der Waals surface area contributed by atoms with Gasteiger partial charge >= 0.3 is 0 Å². The summed E-state index contributed by atoms with van der Waals surface area (Å²) in [4.78, 5) is 6.64. The highest BCUT2D eigenvalue weighted by Crippen LogP contribution is 2.40. The van der Waals surface area contributed by atoms with Crippen LogP contribution in [-0.4, -0.2) is 9.55 Å². The minimum Gasteiger partial charge on any atom is -0.456 e. The summed E-state index contributed by atoms with van der Waals surface area (Å²) in [7, 11) is 0. The number of benzene rings is 6. The van der Waals surface area contributed by atoms with Crippen molar-refractivity contribution in [1.82, 2.24) is 9.55 Å². The molecule has 0 amide bonds. The average molecular weight is 552 g/mol. The van der Waals surface area contributed by atoms with Gasteiger partial charge in [-0.15, -0.1) is 0 Å².